The first-order valence-electron chi connectivity index (χ1n) is 11.1. The van der Waals surface area contributed by atoms with Gasteiger partial charge in [-0.3, -0.25) is 14.2 Å². The Kier molecular flexibility index (Phi) is 5.62. The van der Waals surface area contributed by atoms with E-state index in [1.165, 1.54) is 23.3 Å². The molecule has 0 radical (unpaired) electrons. The number of hydrogen-bond acceptors (Lipinski definition) is 6. The van der Waals surface area contributed by atoms with Crippen molar-refractivity contribution in [3.05, 3.63) is 50.9 Å². The van der Waals surface area contributed by atoms with Crippen molar-refractivity contribution in [2.75, 3.05) is 25.5 Å². The predicted octanol–water partition coefficient (Wildman–Crippen LogP) is 2.57. The molecule has 0 atom stereocenters. The maximum Gasteiger partial charge on any atom is 0.262 e. The van der Waals surface area contributed by atoms with Crippen LogP contribution in [0.5, 0.6) is 0 Å². The van der Waals surface area contributed by atoms with E-state index in [2.05, 4.69) is 4.98 Å². The molecule has 2 aromatic heterocycles. The zero-order valence-electron chi connectivity index (χ0n) is 18.7. The highest BCUT2D eigenvalue weighted by Gasteiger charge is 2.27. The van der Waals surface area contributed by atoms with Gasteiger partial charge in [0.1, 0.15) is 4.83 Å². The average molecular weight is 487 g/mol. The number of anilines is 1. The van der Waals surface area contributed by atoms with Gasteiger partial charge >= 0.3 is 0 Å². The highest BCUT2D eigenvalue weighted by atomic mass is 32.2. The van der Waals surface area contributed by atoms with Crippen LogP contribution in [0.3, 0.4) is 0 Å². The number of aromatic nitrogens is 2. The summed E-state index contributed by atoms with van der Waals surface area (Å²) in [6.07, 6.45) is 6.52. The van der Waals surface area contributed by atoms with E-state index in [1.807, 2.05) is 0 Å². The summed E-state index contributed by atoms with van der Waals surface area (Å²) >= 11 is 1.62. The second-order valence-corrected chi connectivity index (χ2v) is 12.0. The number of fused-ring (bicyclic) bond motifs is 4. The lowest BCUT2D eigenvalue weighted by molar-refractivity contribution is -0.118. The number of sulfonamides is 1. The first-order valence-corrected chi connectivity index (χ1v) is 13.4. The van der Waals surface area contributed by atoms with Crippen LogP contribution in [0, 0.1) is 0 Å². The molecule has 5 rings (SSSR count). The molecule has 0 fully saturated rings. The van der Waals surface area contributed by atoms with Crippen molar-refractivity contribution in [1.29, 1.82) is 0 Å². The Morgan fingerprint density at radius 3 is 2.76 bits per heavy atom. The van der Waals surface area contributed by atoms with Gasteiger partial charge in [0.15, 0.2) is 0 Å². The number of carbonyl (C=O) groups excluding carboxylic acids is 1. The molecule has 3 heterocycles. The number of benzene rings is 1. The second-order valence-electron chi connectivity index (χ2n) is 8.76. The molecular formula is C23H26N4O4S2. The van der Waals surface area contributed by atoms with Crippen LogP contribution in [-0.2, 0) is 40.6 Å². The summed E-state index contributed by atoms with van der Waals surface area (Å²) in [5.74, 6) is -0.0867. The molecule has 1 aromatic carbocycles. The number of thiophene rings is 1. The number of carbonyl (C=O) groups is 1. The van der Waals surface area contributed by atoms with Gasteiger partial charge in [-0.2, -0.15) is 0 Å². The average Bonchev–Trinajstić information content (AvgIpc) is 3.39. The van der Waals surface area contributed by atoms with E-state index < -0.39 is 10.0 Å². The lowest BCUT2D eigenvalue weighted by atomic mass is 9.97. The Hall–Kier alpha value is -2.56. The van der Waals surface area contributed by atoms with Crippen LogP contribution in [0.1, 0.15) is 35.3 Å². The van der Waals surface area contributed by atoms with Gasteiger partial charge in [0.2, 0.25) is 15.9 Å². The minimum absolute atomic E-state index is 0.0624. The molecule has 174 valence electrons. The molecule has 8 nitrogen and oxygen atoms in total. The van der Waals surface area contributed by atoms with Crippen LogP contribution in [0.4, 0.5) is 5.69 Å². The molecule has 0 unspecified atom stereocenters. The van der Waals surface area contributed by atoms with E-state index in [0.717, 1.165) is 52.7 Å². The van der Waals surface area contributed by atoms with Crippen LogP contribution in [-0.4, -0.2) is 48.8 Å². The molecule has 0 N–H and O–H groups in total. The summed E-state index contributed by atoms with van der Waals surface area (Å²) in [6.45, 7) is 0.772. The van der Waals surface area contributed by atoms with Crippen molar-refractivity contribution in [2.45, 2.75) is 50.0 Å². The van der Waals surface area contributed by atoms with Gasteiger partial charge in [-0.15, -0.1) is 11.3 Å². The SMILES string of the molecule is CN(C)S(=O)(=O)c1ccc2c(c1)CCN2C(=O)CCn1cnc2sc3c(c2c1=O)CCCC3. The summed E-state index contributed by atoms with van der Waals surface area (Å²) in [7, 11) is -0.525. The fourth-order valence-electron chi connectivity index (χ4n) is 4.70. The Morgan fingerprint density at radius 2 is 1.97 bits per heavy atom. The number of hydrogen-bond donors (Lipinski definition) is 0. The second kappa shape index (κ2) is 8.34. The van der Waals surface area contributed by atoms with Crippen molar-refractivity contribution in [1.82, 2.24) is 13.9 Å². The maximum atomic E-state index is 13.1. The van der Waals surface area contributed by atoms with E-state index in [4.69, 9.17) is 0 Å². The predicted molar refractivity (Wildman–Crippen MR) is 129 cm³/mol. The fraction of sp³-hybridized carbons (Fsp3) is 0.435. The van der Waals surface area contributed by atoms with E-state index in [0.29, 0.717) is 13.0 Å². The third-order valence-corrected chi connectivity index (χ3v) is 9.55. The molecule has 2 aliphatic rings. The molecule has 33 heavy (non-hydrogen) atoms. The van der Waals surface area contributed by atoms with Crippen LogP contribution < -0.4 is 10.5 Å². The van der Waals surface area contributed by atoms with Crippen molar-refractivity contribution in [3.63, 3.8) is 0 Å². The molecule has 1 aliphatic heterocycles. The topological polar surface area (TPSA) is 92.6 Å². The molecule has 0 spiro atoms. The number of nitrogens with zero attached hydrogens (tertiary/aromatic N) is 4. The number of rotatable bonds is 5. The smallest absolute Gasteiger partial charge is 0.262 e. The monoisotopic (exact) mass is 486 g/mol. The standard InChI is InChI=1S/C23H26N4O4S2/c1-25(2)33(30,31)16-7-8-18-15(13-16)9-12-27(18)20(28)10-11-26-14-24-22-21(23(26)29)17-5-3-4-6-19(17)32-22/h7-8,13-14H,3-6,9-12H2,1-2H3. The Balaban J connectivity index is 1.34. The molecule has 1 amide bonds. The van der Waals surface area contributed by atoms with Gasteiger partial charge in [0, 0.05) is 44.2 Å². The molecule has 1 aliphatic carbocycles. The molecule has 10 heteroatoms. The third-order valence-electron chi connectivity index (χ3n) is 6.53. The zero-order valence-corrected chi connectivity index (χ0v) is 20.3. The van der Waals surface area contributed by atoms with Crippen LogP contribution in [0.15, 0.2) is 34.2 Å². The normalized spacial score (nSPS) is 15.8. The van der Waals surface area contributed by atoms with Crippen molar-refractivity contribution in [2.24, 2.45) is 0 Å². The summed E-state index contributed by atoms with van der Waals surface area (Å²) in [6, 6.07) is 4.90. The quantitative estimate of drug-likeness (QED) is 0.553. The van der Waals surface area contributed by atoms with Gasteiger partial charge in [0.25, 0.3) is 5.56 Å². The van der Waals surface area contributed by atoms with Crippen LogP contribution in [0.2, 0.25) is 0 Å². The van der Waals surface area contributed by atoms with E-state index in [1.54, 1.807) is 45.3 Å². The number of amides is 1. The minimum atomic E-state index is -3.52. The maximum absolute atomic E-state index is 13.1. The third kappa shape index (κ3) is 3.79. The molecule has 0 bridgehead atoms. The summed E-state index contributed by atoms with van der Waals surface area (Å²) < 4.78 is 27.5. The largest absolute Gasteiger partial charge is 0.312 e. The van der Waals surface area contributed by atoms with Gasteiger partial charge in [-0.1, -0.05) is 0 Å². The van der Waals surface area contributed by atoms with Crippen molar-refractivity contribution < 1.29 is 13.2 Å². The lowest BCUT2D eigenvalue weighted by Gasteiger charge is -2.18. The summed E-state index contributed by atoms with van der Waals surface area (Å²) in [4.78, 5) is 34.6. The van der Waals surface area contributed by atoms with E-state index in [9.17, 15) is 18.0 Å². The zero-order chi connectivity index (χ0) is 23.3. The van der Waals surface area contributed by atoms with Gasteiger partial charge in [0.05, 0.1) is 16.6 Å². The summed E-state index contributed by atoms with van der Waals surface area (Å²) in [5.41, 5.74) is 2.67. The highest BCUT2D eigenvalue weighted by Crippen LogP contribution is 2.34. The van der Waals surface area contributed by atoms with Gasteiger partial charge in [-0.05, 0) is 61.4 Å². The van der Waals surface area contributed by atoms with Crippen molar-refractivity contribution >= 4 is 43.2 Å². The Morgan fingerprint density at radius 1 is 1.18 bits per heavy atom. The Bertz CT molecular complexity index is 1420. The molecule has 3 aromatic rings. The first kappa shape index (κ1) is 22.2. The Labute approximate surface area is 196 Å². The van der Waals surface area contributed by atoms with E-state index >= 15 is 0 Å². The minimum Gasteiger partial charge on any atom is -0.312 e. The molecule has 0 saturated carbocycles. The highest BCUT2D eigenvalue weighted by molar-refractivity contribution is 7.89. The lowest BCUT2D eigenvalue weighted by Crippen LogP contribution is -2.31. The fourth-order valence-corrected chi connectivity index (χ4v) is 6.87. The van der Waals surface area contributed by atoms with Gasteiger partial charge < -0.3 is 4.90 Å². The summed E-state index contributed by atoms with van der Waals surface area (Å²) in [5, 5.41) is 0.728. The van der Waals surface area contributed by atoms with Gasteiger partial charge in [-0.25, -0.2) is 17.7 Å². The molecular weight excluding hydrogens is 460 g/mol. The molecule has 0 saturated heterocycles. The van der Waals surface area contributed by atoms with Crippen LogP contribution >= 0.6 is 11.3 Å². The van der Waals surface area contributed by atoms with Crippen LogP contribution in [0.25, 0.3) is 10.2 Å². The first-order chi connectivity index (χ1) is 15.8. The number of aryl methyl sites for hydroxylation is 3. The van der Waals surface area contributed by atoms with Crippen molar-refractivity contribution in [3.8, 4) is 0 Å². The van der Waals surface area contributed by atoms with E-state index in [-0.39, 0.29) is 29.3 Å².